The molecule has 0 spiro atoms. The fraction of sp³-hybridized carbons (Fsp3) is 0.250. The molecule has 0 unspecified atom stereocenters. The monoisotopic (exact) mass is 413 g/mol. The van der Waals surface area contributed by atoms with E-state index < -0.39 is 31.6 Å². The number of alkyl halides is 6. The lowest BCUT2D eigenvalue weighted by Crippen LogP contribution is -2.37. The summed E-state index contributed by atoms with van der Waals surface area (Å²) in [7, 11) is -1.56. The van der Waals surface area contributed by atoms with Crippen molar-refractivity contribution >= 4 is 24.2 Å². The molecule has 0 fully saturated rings. The minimum absolute atomic E-state index is 0.0600. The van der Waals surface area contributed by atoms with Crippen molar-refractivity contribution in [3.63, 3.8) is 0 Å². The van der Waals surface area contributed by atoms with Crippen LogP contribution in [0.5, 0.6) is 0 Å². The Morgan fingerprint density at radius 2 is 1.29 bits per heavy atom. The molecule has 2 aromatic carbocycles. The second-order valence-electron chi connectivity index (χ2n) is 7.65. The van der Waals surface area contributed by atoms with Crippen LogP contribution >= 0.6 is 0 Å². The van der Waals surface area contributed by atoms with Crippen LogP contribution in [0.4, 0.5) is 26.3 Å². The summed E-state index contributed by atoms with van der Waals surface area (Å²) in [6.45, 7) is 6.53. The van der Waals surface area contributed by atoms with Gasteiger partial charge in [0, 0.05) is 10.9 Å². The van der Waals surface area contributed by atoms with E-state index in [9.17, 15) is 26.3 Å². The Balaban J connectivity index is 2.16. The van der Waals surface area contributed by atoms with Gasteiger partial charge in [0.2, 0.25) is 0 Å². The highest BCUT2D eigenvalue weighted by Crippen LogP contribution is 2.38. The molecular weight excluding hydrogens is 396 g/mol. The van der Waals surface area contributed by atoms with Crippen LogP contribution < -0.4 is 5.19 Å². The van der Waals surface area contributed by atoms with Crippen molar-refractivity contribution in [3.05, 3.63) is 59.7 Å². The number of halogens is 6. The Labute approximate surface area is 159 Å². The van der Waals surface area contributed by atoms with E-state index in [1.807, 2.05) is 12.1 Å². The normalized spacial score (nSPS) is 13.2. The molecule has 0 N–H and O–H groups in total. The second-order valence-corrected chi connectivity index (χ2v) is 12.7. The average molecular weight is 413 g/mol. The van der Waals surface area contributed by atoms with Gasteiger partial charge in [0.05, 0.1) is 30.4 Å². The zero-order valence-electron chi connectivity index (χ0n) is 15.3. The topological polar surface area (TPSA) is 12.9 Å². The van der Waals surface area contributed by atoms with Crippen molar-refractivity contribution < 1.29 is 26.3 Å². The Morgan fingerprint density at radius 3 is 1.79 bits per heavy atom. The van der Waals surface area contributed by atoms with Crippen LogP contribution in [0, 0.1) is 0 Å². The minimum Gasteiger partial charge on any atom is -0.248 e. The summed E-state index contributed by atoms with van der Waals surface area (Å²) in [5, 5.41) is 1.99. The molecule has 0 atom stereocenters. The van der Waals surface area contributed by atoms with E-state index in [-0.39, 0.29) is 17.3 Å². The van der Waals surface area contributed by atoms with Crippen molar-refractivity contribution in [2.24, 2.45) is 0 Å². The Bertz CT molecular complexity index is 999. The molecule has 1 aromatic heterocycles. The Kier molecular flexibility index (Phi) is 4.81. The highest BCUT2D eigenvalue weighted by atomic mass is 28.3. The molecule has 0 saturated heterocycles. The van der Waals surface area contributed by atoms with Gasteiger partial charge in [0.25, 0.3) is 0 Å². The molecular formula is C20H17F6NSi. The standard InChI is InChI=1S/C20H17F6NSi/c1-28(2,3)16-5-7-17-12(10-16)4-6-18(27-17)13-8-14(19(21,22)23)11-15(9-13)20(24,25)26/h4-11H,1-3H3. The van der Waals surface area contributed by atoms with E-state index in [1.54, 1.807) is 12.1 Å². The zero-order valence-corrected chi connectivity index (χ0v) is 16.3. The lowest BCUT2D eigenvalue weighted by Gasteiger charge is -2.17. The molecule has 0 amide bonds. The van der Waals surface area contributed by atoms with Crippen LogP contribution in [-0.2, 0) is 12.4 Å². The number of nitrogens with zero attached hydrogens (tertiary/aromatic N) is 1. The zero-order chi connectivity index (χ0) is 20.9. The molecule has 148 valence electrons. The molecule has 0 saturated carbocycles. The number of pyridine rings is 1. The van der Waals surface area contributed by atoms with E-state index in [1.165, 1.54) is 11.3 Å². The third kappa shape index (κ3) is 4.21. The summed E-state index contributed by atoms with van der Waals surface area (Å²) in [5.74, 6) is 0. The predicted molar refractivity (Wildman–Crippen MR) is 100 cm³/mol. The fourth-order valence-corrected chi connectivity index (χ4v) is 4.03. The maximum absolute atomic E-state index is 13.1. The van der Waals surface area contributed by atoms with Crippen molar-refractivity contribution in [3.8, 4) is 11.3 Å². The summed E-state index contributed by atoms with van der Waals surface area (Å²) in [4.78, 5) is 4.30. The lowest BCUT2D eigenvalue weighted by molar-refractivity contribution is -0.143. The predicted octanol–water partition coefficient (Wildman–Crippen LogP) is 6.48. The molecule has 0 radical (unpaired) electrons. The van der Waals surface area contributed by atoms with Crippen LogP contribution in [0.15, 0.2) is 48.5 Å². The quantitative estimate of drug-likeness (QED) is 0.346. The summed E-state index contributed by atoms with van der Waals surface area (Å²) in [5.41, 5.74) is -2.35. The maximum Gasteiger partial charge on any atom is 0.416 e. The van der Waals surface area contributed by atoms with Crippen molar-refractivity contribution in [1.82, 2.24) is 4.98 Å². The van der Waals surface area contributed by atoms with Gasteiger partial charge in [-0.05, 0) is 30.3 Å². The number of rotatable bonds is 2. The van der Waals surface area contributed by atoms with Crippen LogP contribution in [0.25, 0.3) is 22.2 Å². The summed E-state index contributed by atoms with van der Waals surface area (Å²) in [6.07, 6.45) is -9.78. The van der Waals surface area contributed by atoms with Crippen molar-refractivity contribution in [2.45, 2.75) is 32.0 Å². The molecule has 1 heterocycles. The van der Waals surface area contributed by atoms with E-state index >= 15 is 0 Å². The number of fused-ring (bicyclic) bond motifs is 1. The van der Waals surface area contributed by atoms with Crippen LogP contribution in [0.2, 0.25) is 19.6 Å². The number of benzene rings is 2. The third-order valence-electron chi connectivity index (χ3n) is 4.44. The fourth-order valence-electron chi connectivity index (χ4n) is 2.86. The molecule has 28 heavy (non-hydrogen) atoms. The SMILES string of the molecule is C[Si](C)(C)c1ccc2nc(-c3cc(C(F)(F)F)cc(C(F)(F)F)c3)ccc2c1. The average Bonchev–Trinajstić information content (AvgIpc) is 2.58. The first kappa shape index (κ1) is 20.4. The second kappa shape index (κ2) is 6.61. The molecule has 3 rings (SSSR count). The van der Waals surface area contributed by atoms with Crippen LogP contribution in [0.3, 0.4) is 0 Å². The molecule has 0 aliphatic carbocycles. The van der Waals surface area contributed by atoms with Gasteiger partial charge in [0.15, 0.2) is 0 Å². The molecule has 8 heteroatoms. The van der Waals surface area contributed by atoms with Gasteiger partial charge in [-0.15, -0.1) is 0 Å². The largest absolute Gasteiger partial charge is 0.416 e. The van der Waals surface area contributed by atoms with Crippen molar-refractivity contribution in [1.29, 1.82) is 0 Å². The maximum atomic E-state index is 13.1. The van der Waals surface area contributed by atoms with Crippen LogP contribution in [0.1, 0.15) is 11.1 Å². The van der Waals surface area contributed by atoms with E-state index in [4.69, 9.17) is 0 Å². The van der Waals surface area contributed by atoms with Gasteiger partial charge in [-0.25, -0.2) is 4.98 Å². The first-order valence-corrected chi connectivity index (χ1v) is 12.0. The first-order chi connectivity index (χ1) is 12.7. The number of hydrogen-bond donors (Lipinski definition) is 0. The summed E-state index contributed by atoms with van der Waals surface area (Å²) < 4.78 is 78.5. The first-order valence-electron chi connectivity index (χ1n) is 8.46. The minimum atomic E-state index is -4.89. The van der Waals surface area contributed by atoms with Gasteiger partial charge < -0.3 is 0 Å². The Hall–Kier alpha value is -2.35. The Morgan fingerprint density at radius 1 is 0.714 bits per heavy atom. The lowest BCUT2D eigenvalue weighted by atomic mass is 10.0. The van der Waals surface area contributed by atoms with Crippen molar-refractivity contribution in [2.75, 3.05) is 0 Å². The highest BCUT2D eigenvalue weighted by Gasteiger charge is 2.37. The molecule has 0 aliphatic heterocycles. The number of hydrogen-bond acceptors (Lipinski definition) is 1. The molecule has 3 aromatic rings. The van der Waals surface area contributed by atoms with Gasteiger partial charge in [-0.2, -0.15) is 26.3 Å². The molecule has 0 aliphatic rings. The third-order valence-corrected chi connectivity index (χ3v) is 6.48. The van der Waals surface area contributed by atoms with Gasteiger partial charge in [-0.3, -0.25) is 0 Å². The van der Waals surface area contributed by atoms with Gasteiger partial charge in [0.1, 0.15) is 0 Å². The van der Waals surface area contributed by atoms with E-state index in [0.29, 0.717) is 17.6 Å². The van der Waals surface area contributed by atoms with Gasteiger partial charge >= 0.3 is 12.4 Å². The number of aromatic nitrogens is 1. The van der Waals surface area contributed by atoms with E-state index in [2.05, 4.69) is 24.6 Å². The van der Waals surface area contributed by atoms with E-state index in [0.717, 1.165) is 5.39 Å². The summed E-state index contributed by atoms with van der Waals surface area (Å²) in [6, 6.07) is 10.3. The summed E-state index contributed by atoms with van der Waals surface area (Å²) >= 11 is 0. The highest BCUT2D eigenvalue weighted by molar-refractivity contribution is 6.88. The van der Waals surface area contributed by atoms with Crippen LogP contribution in [-0.4, -0.2) is 13.1 Å². The smallest absolute Gasteiger partial charge is 0.248 e. The van der Waals surface area contributed by atoms with Gasteiger partial charge in [-0.1, -0.05) is 43.0 Å². The molecule has 0 bridgehead atoms. The molecule has 1 nitrogen and oxygen atoms in total.